The zero-order valence-electron chi connectivity index (χ0n) is 10.4. The van der Waals surface area contributed by atoms with Gasteiger partial charge >= 0.3 is 6.18 Å². The van der Waals surface area contributed by atoms with E-state index in [0.29, 0.717) is 5.56 Å². The molecular weight excluding hydrogens is 257 g/mol. The molecule has 0 bridgehead atoms. The molecule has 0 aliphatic rings. The van der Waals surface area contributed by atoms with Crippen molar-refractivity contribution < 1.29 is 13.2 Å². The van der Waals surface area contributed by atoms with Gasteiger partial charge in [0, 0.05) is 36.8 Å². The molecule has 0 fully saturated rings. The quantitative estimate of drug-likeness (QED) is 0.929. The van der Waals surface area contributed by atoms with Crippen molar-refractivity contribution in [3.05, 3.63) is 47.5 Å². The summed E-state index contributed by atoms with van der Waals surface area (Å²) < 4.78 is 40.5. The fraction of sp³-hybridized carbons (Fsp3) is 0.333. The van der Waals surface area contributed by atoms with Crippen molar-refractivity contribution in [2.75, 3.05) is 7.05 Å². The van der Waals surface area contributed by atoms with Crippen LogP contribution in [0.25, 0.3) is 0 Å². The van der Waals surface area contributed by atoms with Gasteiger partial charge in [-0.1, -0.05) is 0 Å². The van der Waals surface area contributed by atoms with Crippen molar-refractivity contribution in [2.45, 2.75) is 12.2 Å². The summed E-state index contributed by atoms with van der Waals surface area (Å²) >= 11 is 0. The third-order valence-electron chi connectivity index (χ3n) is 2.82. The molecule has 1 atom stereocenters. The summed E-state index contributed by atoms with van der Waals surface area (Å²) in [5.41, 5.74) is 0.0553. The molecule has 2 aromatic rings. The predicted octanol–water partition coefficient (Wildman–Crippen LogP) is 2.14. The van der Waals surface area contributed by atoms with Crippen LogP contribution in [-0.4, -0.2) is 21.8 Å². The molecule has 0 saturated carbocycles. The molecule has 0 aliphatic carbocycles. The molecule has 102 valence electrons. The smallest absolute Gasteiger partial charge is 0.309 e. The number of aryl methyl sites for hydroxylation is 1. The van der Waals surface area contributed by atoms with E-state index in [4.69, 9.17) is 0 Å². The van der Waals surface area contributed by atoms with E-state index in [0.717, 1.165) is 12.3 Å². The van der Waals surface area contributed by atoms with E-state index in [-0.39, 0.29) is 5.56 Å². The van der Waals surface area contributed by atoms with E-state index in [1.54, 1.807) is 25.0 Å². The molecular formula is C12H13F3N4. The maximum absolute atomic E-state index is 13.0. The van der Waals surface area contributed by atoms with Crippen molar-refractivity contribution in [1.82, 2.24) is 20.1 Å². The summed E-state index contributed by atoms with van der Waals surface area (Å²) in [4.78, 5) is 3.79. The topological polar surface area (TPSA) is 42.7 Å². The highest BCUT2D eigenvalue weighted by Gasteiger charge is 2.35. The van der Waals surface area contributed by atoms with Crippen LogP contribution < -0.4 is 5.32 Å². The van der Waals surface area contributed by atoms with Crippen molar-refractivity contribution in [3.63, 3.8) is 0 Å². The Morgan fingerprint density at radius 1 is 1.32 bits per heavy atom. The van der Waals surface area contributed by atoms with Crippen LogP contribution in [0.4, 0.5) is 13.2 Å². The van der Waals surface area contributed by atoms with Crippen LogP contribution in [0.1, 0.15) is 22.7 Å². The first-order chi connectivity index (χ1) is 8.93. The minimum Gasteiger partial charge on any atom is -0.309 e. The fourth-order valence-electron chi connectivity index (χ4n) is 1.99. The Balaban J connectivity index is 2.50. The minimum absolute atomic E-state index is 0.0884. The first-order valence-corrected chi connectivity index (χ1v) is 5.60. The Labute approximate surface area is 108 Å². The number of nitrogens with zero attached hydrogens (tertiary/aromatic N) is 3. The summed E-state index contributed by atoms with van der Waals surface area (Å²) in [6.45, 7) is 0. The van der Waals surface area contributed by atoms with Gasteiger partial charge in [0.15, 0.2) is 0 Å². The molecule has 4 nitrogen and oxygen atoms in total. The summed E-state index contributed by atoms with van der Waals surface area (Å²) in [6, 6.07) is 0.384. The molecule has 1 N–H and O–H groups in total. The molecule has 7 heteroatoms. The zero-order chi connectivity index (χ0) is 14.0. The number of alkyl halides is 3. The van der Waals surface area contributed by atoms with E-state index in [2.05, 4.69) is 15.4 Å². The van der Waals surface area contributed by atoms with E-state index >= 15 is 0 Å². The third kappa shape index (κ3) is 2.76. The van der Waals surface area contributed by atoms with Gasteiger partial charge in [-0.05, 0) is 13.1 Å². The van der Waals surface area contributed by atoms with Gasteiger partial charge in [0.1, 0.15) is 0 Å². The van der Waals surface area contributed by atoms with E-state index in [9.17, 15) is 13.2 Å². The van der Waals surface area contributed by atoms with E-state index in [1.807, 2.05) is 0 Å². The highest BCUT2D eigenvalue weighted by molar-refractivity contribution is 5.35. The summed E-state index contributed by atoms with van der Waals surface area (Å²) in [7, 11) is 3.31. The second-order valence-electron chi connectivity index (χ2n) is 4.13. The second kappa shape index (κ2) is 5.00. The van der Waals surface area contributed by atoms with Crippen molar-refractivity contribution in [1.29, 1.82) is 0 Å². The second-order valence-corrected chi connectivity index (χ2v) is 4.13. The zero-order valence-corrected chi connectivity index (χ0v) is 10.4. The lowest BCUT2D eigenvalue weighted by Crippen LogP contribution is -2.22. The van der Waals surface area contributed by atoms with Gasteiger partial charge in [0.05, 0.1) is 17.8 Å². The van der Waals surface area contributed by atoms with Crippen LogP contribution in [0.2, 0.25) is 0 Å². The van der Waals surface area contributed by atoms with E-state index in [1.165, 1.54) is 12.4 Å². The number of halogens is 3. The molecule has 0 aliphatic heterocycles. The largest absolute Gasteiger partial charge is 0.416 e. The molecule has 0 radical (unpaired) electrons. The first kappa shape index (κ1) is 13.5. The number of hydrogen-bond acceptors (Lipinski definition) is 3. The number of rotatable bonds is 3. The number of pyridine rings is 1. The number of nitrogens with one attached hydrogen (secondary N) is 1. The van der Waals surface area contributed by atoms with Crippen LogP contribution in [-0.2, 0) is 13.2 Å². The molecule has 19 heavy (non-hydrogen) atoms. The molecule has 2 heterocycles. The lowest BCUT2D eigenvalue weighted by atomic mass is 9.98. The molecule has 0 spiro atoms. The Morgan fingerprint density at radius 2 is 2.05 bits per heavy atom. The van der Waals surface area contributed by atoms with Gasteiger partial charge in [0.2, 0.25) is 0 Å². The minimum atomic E-state index is -4.41. The Kier molecular flexibility index (Phi) is 3.57. The van der Waals surface area contributed by atoms with Crippen LogP contribution >= 0.6 is 0 Å². The molecule has 0 aromatic carbocycles. The van der Waals surface area contributed by atoms with Crippen LogP contribution in [0.3, 0.4) is 0 Å². The molecule has 0 amide bonds. The summed E-state index contributed by atoms with van der Waals surface area (Å²) in [5.74, 6) is 0. The summed E-state index contributed by atoms with van der Waals surface area (Å²) in [6.07, 6.45) is 1.18. The average Bonchev–Trinajstić information content (AvgIpc) is 2.76. The lowest BCUT2D eigenvalue weighted by molar-refractivity contribution is -0.138. The Bertz CT molecular complexity index is 562. The van der Waals surface area contributed by atoms with Crippen LogP contribution in [0.5, 0.6) is 0 Å². The highest BCUT2D eigenvalue weighted by Crippen LogP contribution is 2.35. The first-order valence-electron chi connectivity index (χ1n) is 5.60. The fourth-order valence-corrected chi connectivity index (χ4v) is 1.99. The van der Waals surface area contributed by atoms with Gasteiger partial charge < -0.3 is 5.32 Å². The van der Waals surface area contributed by atoms with Crippen molar-refractivity contribution in [2.24, 2.45) is 7.05 Å². The summed E-state index contributed by atoms with van der Waals surface area (Å²) in [5, 5.41) is 6.84. The van der Waals surface area contributed by atoms with Crippen molar-refractivity contribution in [3.8, 4) is 0 Å². The lowest BCUT2D eigenvalue weighted by Gasteiger charge is -2.19. The number of hydrogen-bond donors (Lipinski definition) is 1. The van der Waals surface area contributed by atoms with Gasteiger partial charge in [-0.3, -0.25) is 9.67 Å². The van der Waals surface area contributed by atoms with Gasteiger partial charge in [-0.15, -0.1) is 0 Å². The SMILES string of the molecule is CNC(c1cnn(C)c1)c1cnccc1C(F)(F)F. The monoisotopic (exact) mass is 270 g/mol. The van der Waals surface area contributed by atoms with Crippen LogP contribution in [0.15, 0.2) is 30.9 Å². The molecule has 0 saturated heterocycles. The molecule has 1 unspecified atom stereocenters. The molecule has 2 rings (SSSR count). The van der Waals surface area contributed by atoms with Gasteiger partial charge in [0.25, 0.3) is 0 Å². The third-order valence-corrected chi connectivity index (χ3v) is 2.82. The normalized spacial score (nSPS) is 13.5. The van der Waals surface area contributed by atoms with Gasteiger partial charge in [-0.25, -0.2) is 0 Å². The Hall–Kier alpha value is -1.89. The average molecular weight is 270 g/mol. The van der Waals surface area contributed by atoms with Crippen molar-refractivity contribution >= 4 is 0 Å². The van der Waals surface area contributed by atoms with Crippen LogP contribution in [0, 0.1) is 0 Å². The Morgan fingerprint density at radius 3 is 2.58 bits per heavy atom. The van der Waals surface area contributed by atoms with Gasteiger partial charge in [-0.2, -0.15) is 18.3 Å². The predicted molar refractivity (Wildman–Crippen MR) is 63.3 cm³/mol. The molecule has 2 aromatic heterocycles. The standard InChI is InChI=1S/C12H13F3N4/c1-16-11(8-5-18-19(2)7-8)9-6-17-4-3-10(9)12(13,14)15/h3-7,11,16H,1-2H3. The number of aromatic nitrogens is 3. The maximum Gasteiger partial charge on any atom is 0.416 e. The van der Waals surface area contributed by atoms with E-state index < -0.39 is 17.8 Å². The maximum atomic E-state index is 13.0. The highest BCUT2D eigenvalue weighted by atomic mass is 19.4.